The highest BCUT2D eigenvalue weighted by atomic mass is 16.3. The Morgan fingerprint density at radius 2 is 1.73 bits per heavy atom. The molecule has 170 valence electrons. The van der Waals surface area contributed by atoms with E-state index in [1.165, 1.54) is 51.4 Å². The first-order chi connectivity index (χ1) is 14.2. The van der Waals surface area contributed by atoms with Gasteiger partial charge in [-0.2, -0.15) is 5.26 Å². The molecule has 8 unspecified atom stereocenters. The molecule has 2 heteroatoms. The molecule has 0 saturated heterocycles. The zero-order chi connectivity index (χ0) is 21.9. The Labute approximate surface area is 186 Å². The molecule has 0 amide bonds. The number of rotatable bonds is 5. The fourth-order valence-corrected chi connectivity index (χ4v) is 7.96. The van der Waals surface area contributed by atoms with Crippen molar-refractivity contribution in [2.45, 2.75) is 111 Å². The first-order valence-electron chi connectivity index (χ1n) is 12.9. The number of aliphatic hydroxyl groups excluding tert-OH is 1. The van der Waals surface area contributed by atoms with Crippen LogP contribution in [0.5, 0.6) is 0 Å². The van der Waals surface area contributed by atoms with Gasteiger partial charge in [-0.1, -0.05) is 53.2 Å². The molecular formula is C28H47NO. The summed E-state index contributed by atoms with van der Waals surface area (Å²) in [5.74, 6) is 4.92. The Bertz CT molecular complexity index is 631. The Balaban J connectivity index is 1.74. The van der Waals surface area contributed by atoms with E-state index in [1.54, 1.807) is 0 Å². The van der Waals surface area contributed by atoms with Crippen LogP contribution in [0.3, 0.4) is 0 Å². The van der Waals surface area contributed by atoms with Crippen LogP contribution in [0, 0.1) is 57.7 Å². The third-order valence-corrected chi connectivity index (χ3v) is 9.88. The average molecular weight is 414 g/mol. The normalized spacial score (nSPS) is 41.7. The van der Waals surface area contributed by atoms with Gasteiger partial charge in [0, 0.05) is 0 Å². The van der Waals surface area contributed by atoms with Gasteiger partial charge >= 0.3 is 0 Å². The maximum atomic E-state index is 9.59. The minimum atomic E-state index is -0.778. The van der Waals surface area contributed by atoms with Gasteiger partial charge < -0.3 is 5.11 Å². The first kappa shape index (κ1) is 23.8. The van der Waals surface area contributed by atoms with Crippen molar-refractivity contribution in [3.05, 3.63) is 12.2 Å². The van der Waals surface area contributed by atoms with E-state index in [0.717, 1.165) is 42.4 Å². The molecular weight excluding hydrogens is 366 g/mol. The Kier molecular flexibility index (Phi) is 7.76. The Hall–Kier alpha value is -0.810. The highest BCUT2D eigenvalue weighted by molar-refractivity contribution is 5.07. The van der Waals surface area contributed by atoms with E-state index >= 15 is 0 Å². The van der Waals surface area contributed by atoms with Crippen LogP contribution in [0.4, 0.5) is 0 Å². The second-order valence-electron chi connectivity index (χ2n) is 12.2. The first-order valence-corrected chi connectivity index (χ1v) is 12.9. The third-order valence-electron chi connectivity index (χ3n) is 9.88. The van der Waals surface area contributed by atoms with Gasteiger partial charge in [-0.3, -0.25) is 0 Å². The predicted octanol–water partition coefficient (Wildman–Crippen LogP) is 7.53. The minimum absolute atomic E-state index is 0.461. The van der Waals surface area contributed by atoms with E-state index in [-0.39, 0.29) is 0 Å². The van der Waals surface area contributed by atoms with Gasteiger partial charge in [0.05, 0.1) is 6.07 Å². The molecule has 0 aliphatic heterocycles. The quantitative estimate of drug-likeness (QED) is 0.374. The lowest BCUT2D eigenvalue weighted by molar-refractivity contribution is -0.0464. The van der Waals surface area contributed by atoms with Gasteiger partial charge in [-0.15, -0.1) is 0 Å². The van der Waals surface area contributed by atoms with Gasteiger partial charge in [0.2, 0.25) is 0 Å². The van der Waals surface area contributed by atoms with Crippen LogP contribution >= 0.6 is 0 Å². The smallest absolute Gasteiger partial charge is 0.140 e. The molecule has 0 aromatic carbocycles. The predicted molar refractivity (Wildman–Crippen MR) is 126 cm³/mol. The number of allylic oxidation sites excluding steroid dienone is 2. The van der Waals surface area contributed by atoms with Crippen LogP contribution in [-0.2, 0) is 0 Å². The summed E-state index contributed by atoms with van der Waals surface area (Å²) in [6.45, 7) is 12.6. The van der Waals surface area contributed by atoms with E-state index in [1.807, 2.05) is 6.07 Å². The average Bonchev–Trinajstić information content (AvgIpc) is 3.06. The molecule has 2 fully saturated rings. The van der Waals surface area contributed by atoms with E-state index < -0.39 is 6.10 Å². The second-order valence-corrected chi connectivity index (χ2v) is 12.2. The number of hydrogen-bond acceptors (Lipinski definition) is 2. The monoisotopic (exact) mass is 413 g/mol. The summed E-state index contributed by atoms with van der Waals surface area (Å²) < 4.78 is 0. The van der Waals surface area contributed by atoms with Crippen molar-refractivity contribution in [3.63, 3.8) is 0 Å². The van der Waals surface area contributed by atoms with Crippen molar-refractivity contribution in [1.29, 1.82) is 5.26 Å². The van der Waals surface area contributed by atoms with Gasteiger partial charge in [0.15, 0.2) is 0 Å². The lowest BCUT2D eigenvalue weighted by Gasteiger charge is -2.54. The van der Waals surface area contributed by atoms with Gasteiger partial charge in [-0.05, 0) is 111 Å². The molecule has 0 spiro atoms. The standard InChI is InChI=1S/C28H47NO/c1-20-9-6-7-12-23-25(27(3,4)17-15-20)16-18-28(5)24(13-14-26(23)28)21(2)10-8-11-22(30)19-29/h6-7,20-26,30H,8-18H2,1-5H3/b7-6+. The van der Waals surface area contributed by atoms with Crippen molar-refractivity contribution in [2.75, 3.05) is 0 Å². The molecule has 1 N–H and O–H groups in total. The topological polar surface area (TPSA) is 44.0 Å². The van der Waals surface area contributed by atoms with E-state index in [9.17, 15) is 5.11 Å². The molecule has 8 atom stereocenters. The zero-order valence-electron chi connectivity index (χ0n) is 20.4. The van der Waals surface area contributed by atoms with E-state index in [0.29, 0.717) is 23.2 Å². The largest absolute Gasteiger partial charge is 0.378 e. The molecule has 2 saturated carbocycles. The number of nitrogens with zero attached hydrogens (tertiary/aromatic N) is 1. The molecule has 0 bridgehead atoms. The molecule has 3 aliphatic carbocycles. The highest BCUT2D eigenvalue weighted by Gasteiger charge is 2.56. The zero-order valence-corrected chi connectivity index (χ0v) is 20.4. The number of aliphatic hydroxyl groups is 1. The molecule has 2 nitrogen and oxygen atoms in total. The molecule has 0 radical (unpaired) electrons. The lowest BCUT2D eigenvalue weighted by Crippen LogP contribution is -2.46. The van der Waals surface area contributed by atoms with E-state index in [4.69, 9.17) is 5.26 Å². The summed E-state index contributed by atoms with van der Waals surface area (Å²) >= 11 is 0. The minimum Gasteiger partial charge on any atom is -0.378 e. The fraction of sp³-hybridized carbons (Fsp3) is 0.893. The van der Waals surface area contributed by atoms with Crippen LogP contribution in [0.1, 0.15) is 105 Å². The van der Waals surface area contributed by atoms with Crippen LogP contribution in [0.25, 0.3) is 0 Å². The SMILES string of the molecule is CC1C/C=C/CC2C(CCC3(C)C(C(C)CCCC(O)C#N)CCC23)C(C)(C)CC1. The van der Waals surface area contributed by atoms with Crippen molar-refractivity contribution >= 4 is 0 Å². The maximum absolute atomic E-state index is 9.59. The van der Waals surface area contributed by atoms with Gasteiger partial charge in [0.1, 0.15) is 6.10 Å². The van der Waals surface area contributed by atoms with Crippen LogP contribution < -0.4 is 0 Å². The summed E-state index contributed by atoms with van der Waals surface area (Å²) in [5, 5.41) is 18.4. The molecule has 30 heavy (non-hydrogen) atoms. The maximum Gasteiger partial charge on any atom is 0.140 e. The van der Waals surface area contributed by atoms with Crippen molar-refractivity contribution in [1.82, 2.24) is 0 Å². The lowest BCUT2D eigenvalue weighted by atomic mass is 9.51. The summed E-state index contributed by atoms with van der Waals surface area (Å²) in [6.07, 6.45) is 17.9. The molecule has 3 rings (SSSR count). The van der Waals surface area contributed by atoms with Crippen LogP contribution in [0.15, 0.2) is 12.2 Å². The Morgan fingerprint density at radius 1 is 1.00 bits per heavy atom. The van der Waals surface area contributed by atoms with Gasteiger partial charge in [0.25, 0.3) is 0 Å². The highest BCUT2D eigenvalue weighted by Crippen LogP contribution is 2.64. The molecule has 0 heterocycles. The number of hydrogen-bond donors (Lipinski definition) is 1. The fourth-order valence-electron chi connectivity index (χ4n) is 7.96. The van der Waals surface area contributed by atoms with Crippen LogP contribution in [0.2, 0.25) is 0 Å². The molecule has 0 aromatic rings. The van der Waals surface area contributed by atoms with Crippen molar-refractivity contribution in [2.24, 2.45) is 46.3 Å². The second kappa shape index (κ2) is 9.77. The summed E-state index contributed by atoms with van der Waals surface area (Å²) in [5.41, 5.74) is 0.943. The summed E-state index contributed by atoms with van der Waals surface area (Å²) in [7, 11) is 0. The number of fused-ring (bicyclic) bond motifs is 3. The summed E-state index contributed by atoms with van der Waals surface area (Å²) in [6, 6.07) is 1.97. The van der Waals surface area contributed by atoms with Crippen molar-refractivity contribution < 1.29 is 5.11 Å². The number of nitriles is 1. The van der Waals surface area contributed by atoms with E-state index in [2.05, 4.69) is 46.8 Å². The Morgan fingerprint density at radius 3 is 2.47 bits per heavy atom. The van der Waals surface area contributed by atoms with Gasteiger partial charge in [-0.25, -0.2) is 0 Å². The van der Waals surface area contributed by atoms with Crippen molar-refractivity contribution in [3.8, 4) is 6.07 Å². The summed E-state index contributed by atoms with van der Waals surface area (Å²) in [4.78, 5) is 0. The molecule has 3 aliphatic rings. The third kappa shape index (κ3) is 4.98. The van der Waals surface area contributed by atoms with Crippen LogP contribution in [-0.4, -0.2) is 11.2 Å². The molecule has 0 aromatic heterocycles.